The number of ether oxygens (including phenoxy) is 1. The number of esters is 1. The number of nitrogens with zero attached hydrogens (tertiary/aromatic N) is 2. The van der Waals surface area contributed by atoms with Gasteiger partial charge in [-0.2, -0.15) is 0 Å². The first kappa shape index (κ1) is 21.6. The average Bonchev–Trinajstić information content (AvgIpc) is 3.25. The van der Waals surface area contributed by atoms with Crippen LogP contribution < -0.4 is 0 Å². The van der Waals surface area contributed by atoms with Crippen LogP contribution in [0.25, 0.3) is 0 Å². The molecule has 0 unspecified atom stereocenters. The Kier molecular flexibility index (Phi) is 6.44. The molecule has 6 heteroatoms. The largest absolute Gasteiger partial charge is 0.468 e. The van der Waals surface area contributed by atoms with Crippen molar-refractivity contribution in [3.8, 4) is 0 Å². The summed E-state index contributed by atoms with van der Waals surface area (Å²) in [6, 6.07) is 9.83. The molecule has 0 radical (unpaired) electrons. The topological polar surface area (TPSA) is 66.9 Å². The van der Waals surface area contributed by atoms with E-state index in [0.717, 1.165) is 56.5 Å². The summed E-state index contributed by atoms with van der Waals surface area (Å²) in [6.45, 7) is 1.93. The number of hydrogen-bond acceptors (Lipinski definition) is 4. The standard InChI is InChI=1S/C25H32N2O4/c1-31-24(30)25-13-7-3-6-12-21(25)27(18-19-10-4-2-5-11-19)23(29)20(17-25)16-22(28)26-14-8-9-15-26/h2,4-5,10-12,20H,3,6-9,13-18H2,1H3/t20-,25+/m1/s1. The summed E-state index contributed by atoms with van der Waals surface area (Å²) in [5.41, 5.74) is 0.922. The Morgan fingerprint density at radius 3 is 2.55 bits per heavy atom. The van der Waals surface area contributed by atoms with Crippen LogP contribution in [0.5, 0.6) is 0 Å². The molecule has 4 rings (SSSR count). The van der Waals surface area contributed by atoms with Crippen molar-refractivity contribution in [2.45, 2.75) is 57.9 Å². The van der Waals surface area contributed by atoms with Gasteiger partial charge in [-0.3, -0.25) is 14.4 Å². The first-order valence-corrected chi connectivity index (χ1v) is 11.5. The molecule has 1 aromatic carbocycles. The zero-order valence-electron chi connectivity index (χ0n) is 18.3. The molecule has 3 aliphatic rings. The van der Waals surface area contributed by atoms with E-state index in [9.17, 15) is 14.4 Å². The van der Waals surface area contributed by atoms with Crippen molar-refractivity contribution in [1.29, 1.82) is 0 Å². The molecule has 166 valence electrons. The average molecular weight is 425 g/mol. The van der Waals surface area contributed by atoms with E-state index < -0.39 is 11.3 Å². The number of methoxy groups -OCH3 is 1. The highest BCUT2D eigenvalue weighted by Crippen LogP contribution is 2.49. The van der Waals surface area contributed by atoms with Crippen molar-refractivity contribution in [2.75, 3.05) is 20.2 Å². The van der Waals surface area contributed by atoms with Gasteiger partial charge in [0.1, 0.15) is 5.41 Å². The van der Waals surface area contributed by atoms with E-state index in [4.69, 9.17) is 4.74 Å². The van der Waals surface area contributed by atoms with E-state index in [0.29, 0.717) is 19.4 Å². The van der Waals surface area contributed by atoms with Gasteiger partial charge in [-0.05, 0) is 44.1 Å². The van der Waals surface area contributed by atoms with Crippen LogP contribution in [0.3, 0.4) is 0 Å². The molecule has 0 bridgehead atoms. The van der Waals surface area contributed by atoms with Crippen LogP contribution in [0.2, 0.25) is 0 Å². The van der Waals surface area contributed by atoms with Crippen molar-refractivity contribution >= 4 is 17.8 Å². The van der Waals surface area contributed by atoms with Crippen LogP contribution in [0.1, 0.15) is 56.9 Å². The minimum Gasteiger partial charge on any atom is -0.468 e. The van der Waals surface area contributed by atoms with Crippen LogP contribution in [0, 0.1) is 11.3 Å². The van der Waals surface area contributed by atoms with Gasteiger partial charge in [0.15, 0.2) is 0 Å². The molecule has 0 saturated carbocycles. The van der Waals surface area contributed by atoms with Crippen molar-refractivity contribution < 1.29 is 19.1 Å². The molecule has 31 heavy (non-hydrogen) atoms. The molecule has 0 aromatic heterocycles. The fraction of sp³-hybridized carbons (Fsp3) is 0.560. The maximum absolute atomic E-state index is 13.7. The maximum atomic E-state index is 13.7. The zero-order valence-corrected chi connectivity index (χ0v) is 18.3. The summed E-state index contributed by atoms with van der Waals surface area (Å²) in [4.78, 5) is 43.4. The molecule has 2 atom stereocenters. The summed E-state index contributed by atoms with van der Waals surface area (Å²) < 4.78 is 5.28. The maximum Gasteiger partial charge on any atom is 0.317 e. The number of carbonyl (C=O) groups excluding carboxylic acids is 3. The SMILES string of the molecule is COC(=O)[C@]12CCCCC=C1N(Cc1ccccc1)C(=O)[C@H](CC(=O)N1CCCC1)C2. The number of rotatable bonds is 5. The van der Waals surface area contributed by atoms with Gasteiger partial charge in [0.25, 0.3) is 0 Å². The lowest BCUT2D eigenvalue weighted by atomic mass is 9.69. The lowest BCUT2D eigenvalue weighted by molar-refractivity contribution is -0.160. The number of piperidine rings is 1. The van der Waals surface area contributed by atoms with E-state index in [2.05, 4.69) is 6.08 Å². The fourth-order valence-electron chi connectivity index (χ4n) is 5.44. The highest BCUT2D eigenvalue weighted by Gasteiger charge is 2.54. The normalized spacial score (nSPS) is 26.2. The Labute approximate surface area is 184 Å². The van der Waals surface area contributed by atoms with Crippen LogP contribution in [-0.2, 0) is 25.7 Å². The fourth-order valence-corrected chi connectivity index (χ4v) is 5.44. The van der Waals surface area contributed by atoms with Gasteiger partial charge in [-0.15, -0.1) is 0 Å². The highest BCUT2D eigenvalue weighted by molar-refractivity contribution is 5.92. The van der Waals surface area contributed by atoms with Gasteiger partial charge in [-0.25, -0.2) is 0 Å². The van der Waals surface area contributed by atoms with Gasteiger partial charge in [0, 0.05) is 31.1 Å². The molecule has 1 aromatic rings. The second-order valence-electron chi connectivity index (χ2n) is 9.01. The van der Waals surface area contributed by atoms with Gasteiger partial charge >= 0.3 is 5.97 Å². The van der Waals surface area contributed by atoms with Crippen LogP contribution in [0.4, 0.5) is 0 Å². The summed E-state index contributed by atoms with van der Waals surface area (Å²) in [5.74, 6) is -0.823. The Balaban J connectivity index is 1.69. The predicted octanol–water partition coefficient (Wildman–Crippen LogP) is 3.66. The lowest BCUT2D eigenvalue weighted by Crippen LogP contribution is -2.53. The lowest BCUT2D eigenvalue weighted by Gasteiger charge is -2.46. The second-order valence-corrected chi connectivity index (χ2v) is 9.01. The van der Waals surface area contributed by atoms with Crippen LogP contribution in [-0.4, -0.2) is 47.8 Å². The summed E-state index contributed by atoms with van der Waals surface area (Å²) in [6.07, 6.45) is 7.98. The molecule has 2 fully saturated rings. The Bertz CT molecular complexity index is 860. The number of fused-ring (bicyclic) bond motifs is 1. The van der Waals surface area contributed by atoms with Gasteiger partial charge in [0.2, 0.25) is 11.8 Å². The summed E-state index contributed by atoms with van der Waals surface area (Å²) >= 11 is 0. The number of allylic oxidation sites excluding steroid dienone is 1. The Morgan fingerprint density at radius 2 is 1.84 bits per heavy atom. The minimum atomic E-state index is -0.857. The molecule has 6 nitrogen and oxygen atoms in total. The molecule has 0 spiro atoms. The number of hydrogen-bond donors (Lipinski definition) is 0. The molecule has 0 N–H and O–H groups in total. The Morgan fingerprint density at radius 1 is 1.10 bits per heavy atom. The number of benzene rings is 1. The van der Waals surface area contributed by atoms with E-state index >= 15 is 0 Å². The first-order chi connectivity index (χ1) is 15.0. The van der Waals surface area contributed by atoms with Crippen molar-refractivity contribution in [1.82, 2.24) is 9.80 Å². The van der Waals surface area contributed by atoms with Crippen molar-refractivity contribution in [3.63, 3.8) is 0 Å². The first-order valence-electron chi connectivity index (χ1n) is 11.5. The third kappa shape index (κ3) is 4.25. The highest BCUT2D eigenvalue weighted by atomic mass is 16.5. The van der Waals surface area contributed by atoms with Crippen molar-refractivity contribution in [3.05, 3.63) is 47.7 Å². The predicted molar refractivity (Wildman–Crippen MR) is 117 cm³/mol. The summed E-state index contributed by atoms with van der Waals surface area (Å²) in [7, 11) is 1.42. The quantitative estimate of drug-likeness (QED) is 0.677. The van der Waals surface area contributed by atoms with E-state index in [1.54, 1.807) is 4.90 Å². The molecule has 1 aliphatic carbocycles. The van der Waals surface area contributed by atoms with E-state index in [-0.39, 0.29) is 24.2 Å². The number of likely N-dealkylation sites (tertiary alicyclic amines) is 2. The van der Waals surface area contributed by atoms with Gasteiger partial charge in [-0.1, -0.05) is 42.8 Å². The molecule has 2 saturated heterocycles. The number of amides is 2. The molecule has 2 amide bonds. The molecular formula is C25H32N2O4. The molecular weight excluding hydrogens is 392 g/mol. The van der Waals surface area contributed by atoms with Gasteiger partial charge < -0.3 is 14.5 Å². The van der Waals surface area contributed by atoms with Crippen LogP contribution in [0.15, 0.2) is 42.1 Å². The van der Waals surface area contributed by atoms with Crippen LogP contribution >= 0.6 is 0 Å². The zero-order chi connectivity index (χ0) is 21.8. The number of carbonyl (C=O) groups is 3. The second kappa shape index (κ2) is 9.25. The van der Waals surface area contributed by atoms with Gasteiger partial charge in [0.05, 0.1) is 13.7 Å². The summed E-state index contributed by atoms with van der Waals surface area (Å²) in [5, 5.41) is 0. The monoisotopic (exact) mass is 424 g/mol. The minimum absolute atomic E-state index is 0.0246. The molecule has 2 heterocycles. The van der Waals surface area contributed by atoms with Crippen molar-refractivity contribution in [2.24, 2.45) is 11.3 Å². The van der Waals surface area contributed by atoms with E-state index in [1.165, 1.54) is 7.11 Å². The van der Waals surface area contributed by atoms with E-state index in [1.807, 2.05) is 35.2 Å². The Hall–Kier alpha value is -2.63. The smallest absolute Gasteiger partial charge is 0.317 e. The third-order valence-electron chi connectivity index (χ3n) is 7.03. The third-order valence-corrected chi connectivity index (χ3v) is 7.03. The molecule has 2 aliphatic heterocycles.